The molecule has 1 atom stereocenters. The van der Waals surface area contributed by atoms with Crippen LogP contribution in [0.25, 0.3) is 0 Å². The van der Waals surface area contributed by atoms with Crippen LogP contribution in [0.3, 0.4) is 0 Å². The van der Waals surface area contributed by atoms with Crippen LogP contribution in [-0.2, 0) is 7.05 Å². The van der Waals surface area contributed by atoms with Crippen molar-refractivity contribution < 1.29 is 0 Å². The van der Waals surface area contributed by atoms with Crippen molar-refractivity contribution in [2.24, 2.45) is 7.05 Å². The number of para-hydroxylation sites is 1. The largest absolute Gasteiger partial charge is 0.376 e. The molecule has 0 fully saturated rings. The Labute approximate surface area is 118 Å². The van der Waals surface area contributed by atoms with Gasteiger partial charge in [0.25, 0.3) is 0 Å². The third-order valence-electron chi connectivity index (χ3n) is 2.92. The van der Waals surface area contributed by atoms with E-state index in [1.807, 2.05) is 30.1 Å². The third kappa shape index (κ3) is 3.41. The zero-order valence-electron chi connectivity index (χ0n) is 11.3. The van der Waals surface area contributed by atoms with E-state index in [0.29, 0.717) is 0 Å². The molecule has 0 aliphatic carbocycles. The molecule has 0 spiro atoms. The monoisotopic (exact) mass is 273 g/mol. The first-order valence-electron chi connectivity index (χ1n) is 6.29. The number of hydrogen-bond acceptors (Lipinski definition) is 3. The zero-order chi connectivity index (χ0) is 13.7. The molecule has 0 aliphatic heterocycles. The van der Waals surface area contributed by atoms with Crippen molar-refractivity contribution >= 4 is 17.4 Å². The van der Waals surface area contributed by atoms with Crippen molar-refractivity contribution in [1.29, 1.82) is 0 Å². The van der Waals surface area contributed by atoms with Crippen molar-refractivity contribution in [3.05, 3.63) is 54.9 Å². The van der Waals surface area contributed by atoms with Gasteiger partial charge in [-0.05, 0) is 25.1 Å². The lowest BCUT2D eigenvalue weighted by Gasteiger charge is -2.18. The molecule has 0 saturated heterocycles. The number of nitrogens with one attached hydrogen (secondary N) is 1. The van der Waals surface area contributed by atoms with E-state index in [-0.39, 0.29) is 6.04 Å². The third-order valence-corrected chi connectivity index (χ3v) is 3.99. The minimum atomic E-state index is 0.220. The van der Waals surface area contributed by atoms with E-state index in [1.165, 1.54) is 10.6 Å². The molecular weight excluding hydrogens is 254 g/mol. The van der Waals surface area contributed by atoms with Crippen LogP contribution in [0.1, 0.15) is 18.7 Å². The smallest absolute Gasteiger partial charge is 0.0654 e. The molecule has 0 saturated carbocycles. The Hall–Kier alpha value is -1.68. The predicted octanol–water partition coefficient (Wildman–Crippen LogP) is 3.87. The summed E-state index contributed by atoms with van der Waals surface area (Å²) in [6.45, 7) is 5.91. The summed E-state index contributed by atoms with van der Waals surface area (Å²) in [5.74, 6) is 0.915. The van der Waals surface area contributed by atoms with Gasteiger partial charge in [0.15, 0.2) is 0 Å². The fraction of sp³-hybridized carbons (Fsp3) is 0.267. The van der Waals surface area contributed by atoms with Crippen LogP contribution in [-0.4, -0.2) is 15.5 Å². The second-order valence-electron chi connectivity index (χ2n) is 4.34. The number of aryl methyl sites for hydroxylation is 1. The van der Waals surface area contributed by atoms with Gasteiger partial charge in [0.2, 0.25) is 0 Å². The molecule has 4 heteroatoms. The van der Waals surface area contributed by atoms with Gasteiger partial charge in [0, 0.05) is 29.6 Å². The molecule has 1 heterocycles. The number of hydrogen-bond donors (Lipinski definition) is 1. The Bertz CT molecular complexity index is 548. The summed E-state index contributed by atoms with van der Waals surface area (Å²) in [6.07, 6.45) is 3.75. The maximum Gasteiger partial charge on any atom is 0.0654 e. The predicted molar refractivity (Wildman–Crippen MR) is 82.6 cm³/mol. The van der Waals surface area contributed by atoms with Gasteiger partial charge in [-0.2, -0.15) is 5.10 Å². The van der Waals surface area contributed by atoms with Crippen LogP contribution in [0.2, 0.25) is 0 Å². The highest BCUT2D eigenvalue weighted by Gasteiger charge is 2.11. The Balaban J connectivity index is 2.14. The van der Waals surface area contributed by atoms with Crippen molar-refractivity contribution in [1.82, 2.24) is 9.78 Å². The van der Waals surface area contributed by atoms with E-state index >= 15 is 0 Å². The number of anilines is 1. The van der Waals surface area contributed by atoms with Crippen LogP contribution in [0.15, 0.2) is 54.1 Å². The highest BCUT2D eigenvalue weighted by atomic mass is 32.2. The van der Waals surface area contributed by atoms with Crippen LogP contribution in [0, 0.1) is 0 Å². The molecule has 0 bridgehead atoms. The van der Waals surface area contributed by atoms with E-state index in [9.17, 15) is 0 Å². The SMILES string of the molecule is C=CCSc1ccccc1NC(C)c1ccnn1C. The molecule has 2 rings (SSSR count). The number of benzene rings is 1. The van der Waals surface area contributed by atoms with Gasteiger partial charge in [-0.3, -0.25) is 4.68 Å². The second kappa shape index (κ2) is 6.48. The summed E-state index contributed by atoms with van der Waals surface area (Å²) >= 11 is 1.79. The van der Waals surface area contributed by atoms with Crippen LogP contribution >= 0.6 is 11.8 Å². The standard InChI is InChI=1S/C15H19N3S/c1-4-11-19-15-8-6-5-7-13(15)17-12(2)14-9-10-16-18(14)3/h4-10,12,17H,1,11H2,2-3H3. The molecule has 1 N–H and O–H groups in total. The van der Waals surface area contributed by atoms with Gasteiger partial charge in [-0.25, -0.2) is 0 Å². The maximum atomic E-state index is 4.21. The van der Waals surface area contributed by atoms with Gasteiger partial charge in [-0.1, -0.05) is 18.2 Å². The highest BCUT2D eigenvalue weighted by Crippen LogP contribution is 2.29. The fourth-order valence-corrected chi connectivity index (χ4v) is 2.73. The van der Waals surface area contributed by atoms with E-state index < -0.39 is 0 Å². The minimum Gasteiger partial charge on any atom is -0.376 e. The van der Waals surface area contributed by atoms with Crippen LogP contribution in [0.4, 0.5) is 5.69 Å². The van der Waals surface area contributed by atoms with Gasteiger partial charge < -0.3 is 5.32 Å². The minimum absolute atomic E-state index is 0.220. The average molecular weight is 273 g/mol. The van der Waals surface area contributed by atoms with E-state index in [2.05, 4.69) is 48.2 Å². The summed E-state index contributed by atoms with van der Waals surface area (Å²) < 4.78 is 1.90. The molecular formula is C15H19N3S. The Morgan fingerprint density at radius 3 is 2.89 bits per heavy atom. The summed E-state index contributed by atoms with van der Waals surface area (Å²) in [5.41, 5.74) is 2.33. The summed E-state index contributed by atoms with van der Waals surface area (Å²) in [6, 6.07) is 10.6. The number of rotatable bonds is 6. The zero-order valence-corrected chi connectivity index (χ0v) is 12.2. The van der Waals surface area contributed by atoms with Gasteiger partial charge in [0.1, 0.15) is 0 Å². The van der Waals surface area contributed by atoms with Gasteiger partial charge >= 0.3 is 0 Å². The quantitative estimate of drug-likeness (QED) is 0.640. The molecule has 1 unspecified atom stereocenters. The van der Waals surface area contributed by atoms with Crippen molar-refractivity contribution in [2.75, 3.05) is 11.1 Å². The van der Waals surface area contributed by atoms with Crippen molar-refractivity contribution in [2.45, 2.75) is 17.9 Å². The highest BCUT2D eigenvalue weighted by molar-refractivity contribution is 7.99. The van der Waals surface area contributed by atoms with Crippen LogP contribution in [0.5, 0.6) is 0 Å². The number of aromatic nitrogens is 2. The molecule has 1 aromatic carbocycles. The molecule has 0 aliphatic rings. The first-order valence-corrected chi connectivity index (χ1v) is 7.28. The Morgan fingerprint density at radius 2 is 2.21 bits per heavy atom. The summed E-state index contributed by atoms with van der Waals surface area (Å²) in [7, 11) is 1.96. The van der Waals surface area contributed by atoms with E-state index in [1.54, 1.807) is 11.8 Å². The number of nitrogens with zero attached hydrogens (tertiary/aromatic N) is 2. The molecule has 1 aromatic heterocycles. The van der Waals surface area contributed by atoms with Gasteiger partial charge in [-0.15, -0.1) is 18.3 Å². The van der Waals surface area contributed by atoms with Crippen LogP contribution < -0.4 is 5.32 Å². The number of thioether (sulfide) groups is 1. The Morgan fingerprint density at radius 1 is 1.42 bits per heavy atom. The normalized spacial score (nSPS) is 12.1. The lowest BCUT2D eigenvalue weighted by atomic mass is 10.2. The lowest BCUT2D eigenvalue weighted by molar-refractivity contribution is 0.675. The molecule has 19 heavy (non-hydrogen) atoms. The Kier molecular flexibility index (Phi) is 4.68. The molecule has 2 aromatic rings. The molecule has 0 radical (unpaired) electrons. The summed E-state index contributed by atoms with van der Waals surface area (Å²) in [5, 5.41) is 7.76. The van der Waals surface area contributed by atoms with Crippen molar-refractivity contribution in [3.63, 3.8) is 0 Å². The summed E-state index contributed by atoms with van der Waals surface area (Å²) in [4.78, 5) is 1.25. The lowest BCUT2D eigenvalue weighted by Crippen LogP contribution is -2.11. The molecule has 0 amide bonds. The molecule has 3 nitrogen and oxygen atoms in total. The first-order chi connectivity index (χ1) is 9.22. The molecule has 100 valence electrons. The first kappa shape index (κ1) is 13.7. The fourth-order valence-electron chi connectivity index (χ4n) is 1.98. The van der Waals surface area contributed by atoms with Gasteiger partial charge in [0.05, 0.1) is 11.7 Å². The van der Waals surface area contributed by atoms with Crippen molar-refractivity contribution in [3.8, 4) is 0 Å². The average Bonchev–Trinajstić information content (AvgIpc) is 2.84. The van der Waals surface area contributed by atoms with E-state index in [4.69, 9.17) is 0 Å². The topological polar surface area (TPSA) is 29.9 Å². The second-order valence-corrected chi connectivity index (χ2v) is 5.40. The van der Waals surface area contributed by atoms with E-state index in [0.717, 1.165) is 11.4 Å². The maximum absolute atomic E-state index is 4.21.